The van der Waals surface area contributed by atoms with Gasteiger partial charge in [0.2, 0.25) is 0 Å². The molecular formula is C22H17ClN2O4S2. The SMILES string of the molecule is O=C(O)CCCN1C(=O)/C(=C2\C(=O)N(Cc3ccc(Cl)cc3)c3ccccc32)SC1=S. The lowest BCUT2D eigenvalue weighted by Gasteiger charge is -2.17. The molecule has 0 spiro atoms. The number of amides is 2. The Morgan fingerprint density at radius 3 is 2.45 bits per heavy atom. The standard InChI is InChI=1S/C22H17ClN2O4S2/c23-14-9-7-13(8-10-14)12-25-16-5-2-1-4-15(16)18(20(25)28)19-21(29)24(22(30)31-19)11-3-6-17(26)27/h1-2,4-5,7-10H,3,6,11-12H2,(H,26,27)/b19-18+. The number of halogens is 1. The molecule has 0 unspecified atom stereocenters. The number of aliphatic carboxylic acids is 1. The number of benzene rings is 2. The molecule has 2 amide bonds. The van der Waals surface area contributed by atoms with Crippen molar-refractivity contribution in [2.24, 2.45) is 0 Å². The number of rotatable bonds is 6. The Balaban J connectivity index is 1.67. The van der Waals surface area contributed by atoms with E-state index in [1.807, 2.05) is 36.4 Å². The number of nitrogens with zero attached hydrogens (tertiary/aromatic N) is 2. The summed E-state index contributed by atoms with van der Waals surface area (Å²) in [5.74, 6) is -1.55. The second kappa shape index (κ2) is 8.82. The minimum absolute atomic E-state index is 0.0560. The van der Waals surface area contributed by atoms with Crippen molar-refractivity contribution in [3.05, 3.63) is 69.6 Å². The third-order valence-electron chi connectivity index (χ3n) is 5.03. The maximum absolute atomic E-state index is 13.4. The van der Waals surface area contributed by atoms with E-state index in [2.05, 4.69) is 0 Å². The van der Waals surface area contributed by atoms with Gasteiger partial charge in [-0.05, 0) is 30.2 Å². The summed E-state index contributed by atoms with van der Waals surface area (Å²) < 4.78 is 0.333. The molecule has 2 aliphatic heterocycles. The van der Waals surface area contributed by atoms with Gasteiger partial charge in [-0.15, -0.1) is 0 Å². The van der Waals surface area contributed by atoms with Gasteiger partial charge >= 0.3 is 5.97 Å². The number of anilines is 1. The van der Waals surface area contributed by atoms with E-state index in [0.29, 0.717) is 27.0 Å². The number of carboxylic acids is 1. The largest absolute Gasteiger partial charge is 0.481 e. The van der Waals surface area contributed by atoms with E-state index < -0.39 is 5.97 Å². The number of hydrogen-bond acceptors (Lipinski definition) is 5. The molecule has 0 aliphatic carbocycles. The van der Waals surface area contributed by atoms with Crippen LogP contribution in [0, 0.1) is 0 Å². The van der Waals surface area contributed by atoms with Gasteiger partial charge in [0, 0.05) is 23.6 Å². The van der Waals surface area contributed by atoms with Crippen LogP contribution >= 0.6 is 35.6 Å². The Hall–Kier alpha value is -2.68. The second-order valence-corrected chi connectivity index (χ2v) is 9.14. The van der Waals surface area contributed by atoms with Crippen molar-refractivity contribution in [3.8, 4) is 0 Å². The number of carboxylic acid groups (broad SMARTS) is 1. The smallest absolute Gasteiger partial charge is 0.303 e. The number of hydrogen-bond donors (Lipinski definition) is 1. The molecule has 158 valence electrons. The summed E-state index contributed by atoms with van der Waals surface area (Å²) in [6, 6.07) is 14.6. The van der Waals surface area contributed by atoms with Crippen molar-refractivity contribution in [1.29, 1.82) is 0 Å². The minimum atomic E-state index is -0.929. The number of carbonyl (C=O) groups is 3. The van der Waals surface area contributed by atoms with E-state index in [4.69, 9.17) is 28.9 Å². The average Bonchev–Trinajstić information content (AvgIpc) is 3.17. The minimum Gasteiger partial charge on any atom is -0.481 e. The third-order valence-corrected chi connectivity index (χ3v) is 6.73. The molecule has 2 heterocycles. The van der Waals surface area contributed by atoms with Gasteiger partial charge in [-0.25, -0.2) is 0 Å². The monoisotopic (exact) mass is 472 g/mol. The highest BCUT2D eigenvalue weighted by Crippen LogP contribution is 2.45. The first-order valence-corrected chi connectivity index (χ1v) is 11.1. The molecule has 9 heteroatoms. The summed E-state index contributed by atoms with van der Waals surface area (Å²) in [7, 11) is 0. The summed E-state index contributed by atoms with van der Waals surface area (Å²) in [6.07, 6.45) is 0.233. The van der Waals surface area contributed by atoms with E-state index in [-0.39, 0.29) is 36.1 Å². The average molecular weight is 473 g/mol. The molecule has 2 aliphatic rings. The van der Waals surface area contributed by atoms with Crippen molar-refractivity contribution in [1.82, 2.24) is 4.90 Å². The van der Waals surface area contributed by atoms with Crippen LogP contribution in [0.5, 0.6) is 0 Å². The van der Waals surface area contributed by atoms with Gasteiger partial charge in [0.15, 0.2) is 0 Å². The van der Waals surface area contributed by atoms with Gasteiger partial charge in [-0.1, -0.05) is 65.9 Å². The van der Waals surface area contributed by atoms with E-state index in [1.165, 1.54) is 4.90 Å². The van der Waals surface area contributed by atoms with Gasteiger partial charge < -0.3 is 10.0 Å². The van der Waals surface area contributed by atoms with Crippen LogP contribution in [0.2, 0.25) is 5.02 Å². The number of para-hydroxylation sites is 1. The van der Waals surface area contributed by atoms with Crippen LogP contribution in [0.15, 0.2) is 53.4 Å². The van der Waals surface area contributed by atoms with E-state index >= 15 is 0 Å². The van der Waals surface area contributed by atoms with E-state index in [1.54, 1.807) is 17.0 Å². The fraction of sp³-hybridized carbons (Fsp3) is 0.182. The lowest BCUT2D eigenvalue weighted by Crippen LogP contribution is -2.30. The van der Waals surface area contributed by atoms with Gasteiger partial charge in [-0.3, -0.25) is 19.3 Å². The number of fused-ring (bicyclic) bond motifs is 1. The topological polar surface area (TPSA) is 77.9 Å². The van der Waals surface area contributed by atoms with Crippen LogP contribution in [0.25, 0.3) is 5.57 Å². The Kier molecular flexibility index (Phi) is 6.13. The van der Waals surface area contributed by atoms with Crippen LogP contribution < -0.4 is 4.90 Å². The van der Waals surface area contributed by atoms with Crippen molar-refractivity contribution < 1.29 is 19.5 Å². The van der Waals surface area contributed by atoms with Crippen LogP contribution in [-0.2, 0) is 20.9 Å². The molecular weight excluding hydrogens is 456 g/mol. The second-order valence-electron chi connectivity index (χ2n) is 7.06. The molecule has 0 bridgehead atoms. The van der Waals surface area contributed by atoms with E-state index in [9.17, 15) is 14.4 Å². The van der Waals surface area contributed by atoms with Crippen LogP contribution in [0.4, 0.5) is 5.69 Å². The lowest BCUT2D eigenvalue weighted by atomic mass is 10.1. The van der Waals surface area contributed by atoms with Gasteiger partial charge in [0.25, 0.3) is 11.8 Å². The Morgan fingerprint density at radius 1 is 1.03 bits per heavy atom. The summed E-state index contributed by atoms with van der Waals surface area (Å²) in [5.41, 5.74) is 2.67. The van der Waals surface area contributed by atoms with Crippen molar-refractivity contribution in [2.45, 2.75) is 19.4 Å². The first-order valence-electron chi connectivity index (χ1n) is 9.52. The molecule has 4 rings (SSSR count). The zero-order valence-corrected chi connectivity index (χ0v) is 18.6. The van der Waals surface area contributed by atoms with Crippen LogP contribution in [0.1, 0.15) is 24.0 Å². The van der Waals surface area contributed by atoms with Crippen LogP contribution in [-0.4, -0.2) is 38.7 Å². The van der Waals surface area contributed by atoms with E-state index in [0.717, 1.165) is 23.0 Å². The fourth-order valence-corrected chi connectivity index (χ4v) is 5.07. The van der Waals surface area contributed by atoms with Gasteiger partial charge in [0.1, 0.15) is 4.32 Å². The lowest BCUT2D eigenvalue weighted by molar-refractivity contribution is -0.137. The van der Waals surface area contributed by atoms with Crippen molar-refractivity contribution in [3.63, 3.8) is 0 Å². The summed E-state index contributed by atoms with van der Waals surface area (Å²) in [4.78, 5) is 40.6. The molecule has 0 aromatic heterocycles. The van der Waals surface area contributed by atoms with Crippen molar-refractivity contribution >= 4 is 68.9 Å². The zero-order chi connectivity index (χ0) is 22.1. The fourth-order valence-electron chi connectivity index (χ4n) is 3.56. The summed E-state index contributed by atoms with van der Waals surface area (Å²) >= 11 is 12.4. The first kappa shape index (κ1) is 21.5. The molecule has 0 atom stereocenters. The summed E-state index contributed by atoms with van der Waals surface area (Å²) in [5, 5.41) is 9.46. The Labute approximate surface area is 193 Å². The molecule has 1 N–H and O–H groups in total. The highest BCUT2D eigenvalue weighted by Gasteiger charge is 2.41. The molecule has 31 heavy (non-hydrogen) atoms. The van der Waals surface area contributed by atoms with Gasteiger partial charge in [0.05, 0.1) is 22.7 Å². The zero-order valence-electron chi connectivity index (χ0n) is 16.2. The summed E-state index contributed by atoms with van der Waals surface area (Å²) in [6.45, 7) is 0.549. The molecule has 1 saturated heterocycles. The molecule has 2 aromatic rings. The molecule has 2 aromatic carbocycles. The number of thioether (sulfide) groups is 1. The third kappa shape index (κ3) is 4.23. The Bertz CT molecular complexity index is 1130. The quantitative estimate of drug-likeness (QED) is 0.498. The Morgan fingerprint density at radius 2 is 1.74 bits per heavy atom. The first-order chi connectivity index (χ1) is 14.9. The predicted octanol–water partition coefficient (Wildman–Crippen LogP) is 4.32. The number of carbonyl (C=O) groups excluding carboxylic acids is 2. The van der Waals surface area contributed by atoms with Crippen LogP contribution in [0.3, 0.4) is 0 Å². The molecule has 0 saturated carbocycles. The number of thiocarbonyl (C=S) groups is 1. The van der Waals surface area contributed by atoms with Crippen molar-refractivity contribution in [2.75, 3.05) is 11.4 Å². The molecule has 1 fully saturated rings. The highest BCUT2D eigenvalue weighted by atomic mass is 35.5. The highest BCUT2D eigenvalue weighted by molar-refractivity contribution is 8.26. The molecule has 6 nitrogen and oxygen atoms in total. The van der Waals surface area contributed by atoms with Gasteiger partial charge in [-0.2, -0.15) is 0 Å². The molecule has 0 radical (unpaired) electrons. The maximum atomic E-state index is 13.4. The predicted molar refractivity (Wildman–Crippen MR) is 125 cm³/mol. The normalized spacial score (nSPS) is 18.2. The maximum Gasteiger partial charge on any atom is 0.303 e.